The second-order valence-corrected chi connectivity index (χ2v) is 10.3. The first kappa shape index (κ1) is 30.8. The number of hydrogen-bond donors (Lipinski definition) is 1. The molecule has 0 aliphatic rings. The van der Waals surface area contributed by atoms with E-state index in [1.165, 1.54) is 0 Å². The number of nitrogens with zero attached hydrogens (tertiary/aromatic N) is 3. The molecule has 5 rings (SSSR count). The van der Waals surface area contributed by atoms with E-state index in [4.69, 9.17) is 19.7 Å². The van der Waals surface area contributed by atoms with Gasteiger partial charge in [-0.3, -0.25) is 9.67 Å². The maximum Gasteiger partial charge on any atom is 2.00 e. The van der Waals surface area contributed by atoms with E-state index in [1.54, 1.807) is 18.4 Å². The summed E-state index contributed by atoms with van der Waals surface area (Å²) in [5, 5.41) is 6.83. The third kappa shape index (κ3) is 5.91. The molecule has 7 heteroatoms. The van der Waals surface area contributed by atoms with Crippen molar-refractivity contribution >= 4 is 52.1 Å². The number of rotatable bonds is 9. The summed E-state index contributed by atoms with van der Waals surface area (Å²) in [7, 11) is 0. The van der Waals surface area contributed by atoms with Crippen LogP contribution in [0.3, 0.4) is 0 Å². The summed E-state index contributed by atoms with van der Waals surface area (Å²) in [5.41, 5.74) is 12.6. The summed E-state index contributed by atoms with van der Waals surface area (Å²) in [6, 6.07) is 16.1. The van der Waals surface area contributed by atoms with Crippen molar-refractivity contribution in [1.82, 2.24) is 9.78 Å². The first-order chi connectivity index (χ1) is 19.8. The van der Waals surface area contributed by atoms with Gasteiger partial charge in [-0.1, -0.05) is 48.6 Å². The molecule has 0 unspecified atom stereocenters. The molecule has 0 amide bonds. The number of fused-ring (bicyclic) bond motifs is 2. The van der Waals surface area contributed by atoms with Crippen LogP contribution in [0.25, 0.3) is 45.9 Å². The summed E-state index contributed by atoms with van der Waals surface area (Å²) in [6.45, 7) is 14.1. The number of hydrogen-bond acceptors (Lipinski definition) is 5. The van der Waals surface area contributed by atoms with Gasteiger partial charge in [0.15, 0.2) is 0 Å². The quantitative estimate of drug-likeness (QED) is 0.121. The van der Waals surface area contributed by atoms with Crippen LogP contribution in [-0.2, 0) is 26.5 Å². The molecule has 0 saturated carbocycles. The number of allylic oxidation sites excluding steroid dienone is 4. The first-order valence-electron chi connectivity index (χ1n) is 13.7. The number of aromatic nitrogens is 2. The van der Waals surface area contributed by atoms with Crippen molar-refractivity contribution in [1.29, 1.82) is 0 Å². The predicted octanol–water partition coefficient (Wildman–Crippen LogP) is 8.89. The summed E-state index contributed by atoms with van der Waals surface area (Å²) < 4.78 is 13.7. The van der Waals surface area contributed by atoms with Gasteiger partial charge in [0.05, 0.1) is 11.5 Å². The fourth-order valence-corrected chi connectivity index (χ4v) is 4.72. The van der Waals surface area contributed by atoms with Gasteiger partial charge in [0.2, 0.25) is 0 Å². The Bertz CT molecular complexity index is 1860. The fraction of sp³-hybridized carbons (Fsp3) is 0.200. The molecular formula is C35H34N4O2Pt. The van der Waals surface area contributed by atoms with Crippen LogP contribution < -0.4 is 5.73 Å². The molecule has 42 heavy (non-hydrogen) atoms. The Morgan fingerprint density at radius 3 is 2.60 bits per heavy atom. The second kappa shape index (κ2) is 12.8. The van der Waals surface area contributed by atoms with Crippen molar-refractivity contribution < 1.29 is 29.9 Å². The van der Waals surface area contributed by atoms with Gasteiger partial charge in [-0.25, -0.2) is 0 Å². The predicted molar refractivity (Wildman–Crippen MR) is 170 cm³/mol. The Balaban J connectivity index is 0.00000405. The molecule has 2 aromatic carbocycles. The summed E-state index contributed by atoms with van der Waals surface area (Å²) in [6.07, 6.45) is 16.3. The summed E-state index contributed by atoms with van der Waals surface area (Å²) in [5.74, 6) is 1.66. The molecule has 0 spiro atoms. The minimum absolute atomic E-state index is 0. The van der Waals surface area contributed by atoms with E-state index in [2.05, 4.69) is 48.8 Å². The molecule has 0 fully saturated rings. The van der Waals surface area contributed by atoms with Crippen molar-refractivity contribution in [3.63, 3.8) is 0 Å². The van der Waals surface area contributed by atoms with Crippen molar-refractivity contribution in [2.45, 2.75) is 46.5 Å². The molecule has 3 heterocycles. The Morgan fingerprint density at radius 2 is 1.86 bits per heavy atom. The molecule has 216 valence electrons. The van der Waals surface area contributed by atoms with Gasteiger partial charge in [0, 0.05) is 40.3 Å². The molecule has 3 aromatic heterocycles. The minimum atomic E-state index is -0.530. The molecule has 0 aliphatic heterocycles. The van der Waals surface area contributed by atoms with Crippen LogP contribution in [0.4, 0.5) is 5.69 Å². The van der Waals surface area contributed by atoms with Crippen LogP contribution in [-0.4, -0.2) is 16.0 Å². The largest absolute Gasteiger partial charge is 2.00 e. The van der Waals surface area contributed by atoms with Crippen molar-refractivity contribution in [2.24, 2.45) is 10.7 Å². The Morgan fingerprint density at radius 1 is 1.12 bits per heavy atom. The molecule has 5 aromatic rings. The van der Waals surface area contributed by atoms with Gasteiger partial charge in [0.25, 0.3) is 0 Å². The molecule has 0 bridgehead atoms. The van der Waals surface area contributed by atoms with Crippen molar-refractivity contribution in [3.05, 3.63) is 108 Å². The van der Waals surface area contributed by atoms with Crippen LogP contribution in [0.2, 0.25) is 0 Å². The summed E-state index contributed by atoms with van der Waals surface area (Å²) >= 11 is 0. The van der Waals surface area contributed by atoms with E-state index in [0.717, 1.165) is 62.4 Å². The van der Waals surface area contributed by atoms with E-state index in [9.17, 15) is 0 Å². The smallest absolute Gasteiger partial charge is 0.520 e. The van der Waals surface area contributed by atoms with Crippen molar-refractivity contribution in [2.75, 3.05) is 0 Å². The van der Waals surface area contributed by atoms with Gasteiger partial charge in [-0.05, 0) is 69.3 Å². The van der Waals surface area contributed by atoms with E-state index in [-0.39, 0.29) is 21.1 Å². The molecular weight excluding hydrogens is 703 g/mol. The van der Waals surface area contributed by atoms with Gasteiger partial charge < -0.3 is 14.6 Å². The maximum absolute atomic E-state index is 6.56. The number of aliphatic imine (C=N–C) groups is 1. The van der Waals surface area contributed by atoms with Crippen LogP contribution in [0, 0.1) is 19.1 Å². The standard InChI is InChI=1S/C35H34N4O2.Pt/c1-7-10-12-27-23(4)40-31-16-14-25(22-29(27)31)39-20-18-34(38-39)35(5,6)33(36)17-19-37-24-13-15-32-28(21-24)26(9-3)30(41-32)11-8-2;/h8-12,15-22H,3,7,36H2,1-2,4-6H3;/q-2;+2/b11-8-,12-10-,33-17-,37-19?;. The van der Waals surface area contributed by atoms with Crippen molar-refractivity contribution in [3.8, 4) is 5.69 Å². The third-order valence-electron chi connectivity index (χ3n) is 7.21. The second-order valence-electron chi connectivity index (χ2n) is 10.3. The molecule has 2 N–H and O–H groups in total. The SMILES string of the molecule is C=Cc1c(/C=C\C)oc2c[c-]c(N=C/C=C(\N)C(C)(C)c3ccn(-c4[c-]cc5oc(C)c(/C=C\CC)c5c4)n3)cc12.[Pt+2]. The minimum Gasteiger partial charge on any atom is -0.520 e. The molecule has 0 aliphatic carbocycles. The fourth-order valence-electron chi connectivity index (χ4n) is 4.72. The van der Waals surface area contributed by atoms with E-state index < -0.39 is 5.41 Å². The number of benzene rings is 2. The number of furan rings is 2. The topological polar surface area (TPSA) is 82.5 Å². The molecule has 0 atom stereocenters. The number of aryl methyl sites for hydroxylation is 1. The first-order valence-corrected chi connectivity index (χ1v) is 13.7. The zero-order chi connectivity index (χ0) is 29.1. The van der Waals surface area contributed by atoms with Gasteiger partial charge in [0.1, 0.15) is 5.76 Å². The van der Waals surface area contributed by atoms with Crippen LogP contribution in [0.1, 0.15) is 62.5 Å². The molecule has 0 radical (unpaired) electrons. The van der Waals surface area contributed by atoms with E-state index in [1.807, 2.05) is 75.0 Å². The average molecular weight is 738 g/mol. The Hall–Kier alpha value is -4.15. The zero-order valence-electron chi connectivity index (χ0n) is 24.5. The third-order valence-corrected chi connectivity index (χ3v) is 7.21. The maximum atomic E-state index is 6.56. The zero-order valence-corrected chi connectivity index (χ0v) is 26.7. The van der Waals surface area contributed by atoms with E-state index in [0.29, 0.717) is 11.4 Å². The molecule has 6 nitrogen and oxygen atoms in total. The Kier molecular flexibility index (Phi) is 9.38. The van der Waals surface area contributed by atoms with Crippen LogP contribution in [0.5, 0.6) is 0 Å². The molecule has 0 saturated heterocycles. The van der Waals surface area contributed by atoms with Gasteiger partial charge in [-0.15, -0.1) is 24.3 Å². The van der Waals surface area contributed by atoms with Gasteiger partial charge >= 0.3 is 21.1 Å². The summed E-state index contributed by atoms with van der Waals surface area (Å²) in [4.78, 5) is 4.57. The normalized spacial score (nSPS) is 12.8. The average Bonchev–Trinajstić information content (AvgIpc) is 3.67. The van der Waals surface area contributed by atoms with E-state index >= 15 is 0 Å². The van der Waals surface area contributed by atoms with Gasteiger partial charge in [-0.2, -0.15) is 17.2 Å². The monoisotopic (exact) mass is 737 g/mol. The Labute approximate surface area is 261 Å². The van der Waals surface area contributed by atoms with Crippen LogP contribution in [0.15, 0.2) is 80.9 Å². The van der Waals surface area contributed by atoms with Crippen LogP contribution >= 0.6 is 0 Å². The number of nitrogens with two attached hydrogens (primary N) is 1.